The second-order valence-electron chi connectivity index (χ2n) is 9.32. The summed E-state index contributed by atoms with van der Waals surface area (Å²) in [6.07, 6.45) is 1.45. The quantitative estimate of drug-likeness (QED) is 0.462. The van der Waals surface area contributed by atoms with Crippen molar-refractivity contribution in [2.24, 2.45) is 5.92 Å². The van der Waals surface area contributed by atoms with Crippen LogP contribution in [-0.4, -0.2) is 69.5 Å². The molecule has 9 heteroatoms. The van der Waals surface area contributed by atoms with Crippen molar-refractivity contribution in [3.05, 3.63) is 23.3 Å². The highest BCUT2D eigenvalue weighted by Crippen LogP contribution is 2.46. The highest BCUT2D eigenvalue weighted by molar-refractivity contribution is 5.97. The van der Waals surface area contributed by atoms with Crippen LogP contribution in [0, 0.1) is 5.92 Å². The molecule has 1 saturated heterocycles. The van der Waals surface area contributed by atoms with Crippen molar-refractivity contribution in [2.45, 2.75) is 62.4 Å². The summed E-state index contributed by atoms with van der Waals surface area (Å²) in [5, 5.41) is 39.0. The Hall–Kier alpha value is -2.36. The largest absolute Gasteiger partial charge is 0.504 e. The molecule has 4 atom stereocenters. The van der Waals surface area contributed by atoms with Crippen LogP contribution in [0.1, 0.15) is 49.3 Å². The van der Waals surface area contributed by atoms with E-state index >= 15 is 0 Å². The van der Waals surface area contributed by atoms with Gasteiger partial charge in [0, 0.05) is 25.1 Å². The van der Waals surface area contributed by atoms with Crippen molar-refractivity contribution in [3.8, 4) is 11.5 Å². The number of nitrogens with one attached hydrogen (secondary N) is 2. The summed E-state index contributed by atoms with van der Waals surface area (Å²) in [5.41, 5.74) is -0.226. The smallest absolute Gasteiger partial charge is 0.321 e. The fourth-order valence-corrected chi connectivity index (χ4v) is 5.39. The fourth-order valence-electron chi connectivity index (χ4n) is 5.39. The van der Waals surface area contributed by atoms with E-state index in [1.165, 1.54) is 6.07 Å². The number of imide groups is 1. The van der Waals surface area contributed by atoms with Gasteiger partial charge in [-0.15, -0.1) is 0 Å². The van der Waals surface area contributed by atoms with Crippen LogP contribution in [0.3, 0.4) is 0 Å². The van der Waals surface area contributed by atoms with Gasteiger partial charge in [-0.1, -0.05) is 6.07 Å². The number of phenolic OH excluding ortho intramolecular Hbond substituents is 1. The highest BCUT2D eigenvalue weighted by Gasteiger charge is 2.51. The van der Waals surface area contributed by atoms with Crippen LogP contribution in [0.2, 0.25) is 0 Å². The Bertz CT molecular complexity index is 903. The summed E-state index contributed by atoms with van der Waals surface area (Å²) in [6.45, 7) is 1.60. The first-order chi connectivity index (χ1) is 14.9. The third-order valence-corrected chi connectivity index (χ3v) is 7.07. The van der Waals surface area contributed by atoms with E-state index in [0.29, 0.717) is 30.0 Å². The third-order valence-electron chi connectivity index (χ3n) is 7.07. The molecule has 5 N–H and O–H groups in total. The number of aliphatic hydroxyl groups excluding tert-OH is 1. The van der Waals surface area contributed by atoms with Crippen LogP contribution in [0.4, 0.5) is 4.79 Å². The Morgan fingerprint density at radius 2 is 2.06 bits per heavy atom. The lowest BCUT2D eigenvalue weighted by atomic mass is 9.77. The summed E-state index contributed by atoms with van der Waals surface area (Å²) in [5.74, 6) is -0.115. The Balaban J connectivity index is 1.68. The Kier molecular flexibility index (Phi) is 5.07. The molecule has 3 aliphatic heterocycles. The third kappa shape index (κ3) is 3.75. The van der Waals surface area contributed by atoms with Crippen molar-refractivity contribution in [3.63, 3.8) is 0 Å². The topological polar surface area (TPSA) is 131 Å². The average Bonchev–Trinajstić information content (AvgIpc) is 3.50. The van der Waals surface area contributed by atoms with Crippen LogP contribution in [0.15, 0.2) is 12.1 Å². The van der Waals surface area contributed by atoms with Crippen LogP contribution >= 0.6 is 0 Å². The van der Waals surface area contributed by atoms with Gasteiger partial charge >= 0.3 is 6.03 Å². The summed E-state index contributed by atoms with van der Waals surface area (Å²) >= 11 is 0. The molecule has 1 aromatic carbocycles. The molecule has 4 unspecified atom stereocenters. The lowest BCUT2D eigenvalue weighted by Gasteiger charge is -2.46. The first kappa shape index (κ1) is 20.5. The van der Waals surface area contributed by atoms with E-state index < -0.39 is 35.8 Å². The number of urea groups is 1. The molecule has 0 radical (unpaired) electrons. The van der Waals surface area contributed by atoms with E-state index in [-0.39, 0.29) is 30.9 Å². The van der Waals surface area contributed by atoms with Crippen LogP contribution in [-0.2, 0) is 11.2 Å². The number of ether oxygens (including phenoxy) is 1. The second kappa shape index (κ2) is 7.65. The number of hydrogen-bond acceptors (Lipinski definition) is 7. The van der Waals surface area contributed by atoms with Gasteiger partial charge in [0.05, 0.1) is 17.7 Å². The Labute approximate surface area is 180 Å². The molecule has 168 valence electrons. The molecule has 4 aliphatic rings. The molecule has 0 spiro atoms. The lowest BCUT2D eigenvalue weighted by Crippen LogP contribution is -2.59. The predicted octanol–water partition coefficient (Wildman–Crippen LogP) is 0.564. The second-order valence-corrected chi connectivity index (χ2v) is 9.32. The van der Waals surface area contributed by atoms with Gasteiger partial charge in [-0.05, 0) is 56.2 Å². The van der Waals surface area contributed by atoms with Crippen LogP contribution < -0.4 is 15.4 Å². The van der Waals surface area contributed by atoms with Crippen molar-refractivity contribution in [2.75, 3.05) is 19.6 Å². The number of amides is 3. The van der Waals surface area contributed by atoms with Crippen molar-refractivity contribution >= 4 is 11.9 Å². The SMILES string of the molecule is O=C1NCCC2(O)CC(Oc3c(O)ccc4c3CCCN(CC3CC3)C2C4O)C(=O)N1. The van der Waals surface area contributed by atoms with E-state index in [4.69, 9.17) is 4.74 Å². The minimum Gasteiger partial charge on any atom is -0.504 e. The van der Waals surface area contributed by atoms with Crippen molar-refractivity contribution in [1.82, 2.24) is 15.5 Å². The van der Waals surface area contributed by atoms with Gasteiger partial charge in [0.25, 0.3) is 5.91 Å². The molecule has 1 aliphatic carbocycles. The Morgan fingerprint density at radius 3 is 2.84 bits per heavy atom. The van der Waals surface area contributed by atoms with E-state index in [2.05, 4.69) is 15.5 Å². The highest BCUT2D eigenvalue weighted by atomic mass is 16.5. The van der Waals surface area contributed by atoms with E-state index in [1.807, 2.05) is 0 Å². The Morgan fingerprint density at radius 1 is 1.26 bits per heavy atom. The maximum Gasteiger partial charge on any atom is 0.321 e. The number of aromatic hydroxyl groups is 1. The molecule has 0 aromatic heterocycles. The summed E-state index contributed by atoms with van der Waals surface area (Å²) in [6, 6.07) is 1.82. The first-order valence-electron chi connectivity index (χ1n) is 11.1. The van der Waals surface area contributed by atoms with Crippen molar-refractivity contribution < 1.29 is 29.6 Å². The molecule has 31 heavy (non-hydrogen) atoms. The molecular weight excluding hydrogens is 402 g/mol. The number of benzene rings is 1. The number of carbonyl (C=O) groups excluding carboxylic acids is 2. The zero-order chi connectivity index (χ0) is 21.8. The number of rotatable bonds is 2. The molecule has 9 nitrogen and oxygen atoms in total. The number of phenols is 1. The molecule has 1 aromatic rings. The summed E-state index contributed by atoms with van der Waals surface area (Å²) < 4.78 is 6.00. The molecule has 2 fully saturated rings. The van der Waals surface area contributed by atoms with Gasteiger partial charge in [-0.25, -0.2) is 4.79 Å². The number of aliphatic hydroxyl groups is 2. The zero-order valence-electron chi connectivity index (χ0n) is 17.3. The van der Waals surface area contributed by atoms with Crippen LogP contribution in [0.25, 0.3) is 0 Å². The minimum atomic E-state index is -1.50. The van der Waals surface area contributed by atoms with Gasteiger partial charge in [0.1, 0.15) is 0 Å². The normalized spacial score (nSPS) is 33.8. The molecule has 5 rings (SSSR count). The molecular formula is C22H29N3O6. The number of fused-ring (bicyclic) bond motifs is 4. The zero-order valence-corrected chi connectivity index (χ0v) is 17.3. The maximum absolute atomic E-state index is 12.9. The average molecular weight is 431 g/mol. The minimum absolute atomic E-state index is 0.103. The van der Waals surface area contributed by atoms with Crippen molar-refractivity contribution in [1.29, 1.82) is 0 Å². The standard InChI is InChI=1S/C22H29N3O6/c26-15-6-5-13-14-2-1-9-25(11-12-3-4-12)19(17(13)27)22(30)7-8-23-21(29)24-20(28)16(10-22)31-18(14)15/h5-6,12,16-17,19,26-27,30H,1-4,7-11H2,(H2,23,24,28,29). The fraction of sp³-hybridized carbons (Fsp3) is 0.636. The van der Waals surface area contributed by atoms with E-state index in [1.54, 1.807) is 6.07 Å². The first-order valence-corrected chi connectivity index (χ1v) is 11.1. The monoisotopic (exact) mass is 431 g/mol. The number of hydrogen-bond donors (Lipinski definition) is 5. The summed E-state index contributed by atoms with van der Waals surface area (Å²) in [7, 11) is 0. The molecule has 3 heterocycles. The predicted molar refractivity (Wildman–Crippen MR) is 110 cm³/mol. The molecule has 1 saturated carbocycles. The van der Waals surface area contributed by atoms with E-state index in [0.717, 1.165) is 25.8 Å². The van der Waals surface area contributed by atoms with Crippen LogP contribution in [0.5, 0.6) is 11.5 Å². The van der Waals surface area contributed by atoms with Gasteiger partial charge in [0.15, 0.2) is 17.6 Å². The van der Waals surface area contributed by atoms with Gasteiger partial charge in [-0.2, -0.15) is 0 Å². The van der Waals surface area contributed by atoms with Gasteiger partial charge in [0.2, 0.25) is 0 Å². The molecule has 6 bridgehead atoms. The number of carbonyl (C=O) groups is 2. The number of nitrogens with zero attached hydrogens (tertiary/aromatic N) is 1. The maximum atomic E-state index is 12.9. The van der Waals surface area contributed by atoms with Gasteiger partial charge in [-0.3, -0.25) is 15.0 Å². The molecule has 3 amide bonds. The summed E-state index contributed by atoms with van der Waals surface area (Å²) in [4.78, 5) is 27.1. The van der Waals surface area contributed by atoms with E-state index in [9.17, 15) is 24.9 Å². The van der Waals surface area contributed by atoms with Gasteiger partial charge < -0.3 is 25.4 Å². The lowest BCUT2D eigenvalue weighted by molar-refractivity contribution is -0.139.